The zero-order valence-corrected chi connectivity index (χ0v) is 13.8. The van der Waals surface area contributed by atoms with Crippen LogP contribution in [0.2, 0.25) is 0 Å². The summed E-state index contributed by atoms with van der Waals surface area (Å²) >= 11 is 0. The van der Waals surface area contributed by atoms with E-state index < -0.39 is 22.0 Å². The summed E-state index contributed by atoms with van der Waals surface area (Å²) in [6.07, 6.45) is 0.154. The van der Waals surface area contributed by atoms with Crippen molar-refractivity contribution in [3.8, 4) is 0 Å². The number of hydrogen-bond acceptors (Lipinski definition) is 5. The molecule has 0 fully saturated rings. The number of sulfonamides is 1. The SMILES string of the molecule is COC(=O)CC(=O)CCC(C)NS(=O)(=O)c1ccc(C)cc1. The van der Waals surface area contributed by atoms with Gasteiger partial charge in [-0.3, -0.25) is 9.59 Å². The van der Waals surface area contributed by atoms with Crippen LogP contribution in [0.4, 0.5) is 0 Å². The van der Waals surface area contributed by atoms with Gasteiger partial charge in [0.1, 0.15) is 12.2 Å². The van der Waals surface area contributed by atoms with Crippen LogP contribution >= 0.6 is 0 Å². The van der Waals surface area contributed by atoms with E-state index in [1.165, 1.54) is 19.2 Å². The Kier molecular flexibility index (Phi) is 6.70. The molecule has 0 aliphatic carbocycles. The van der Waals surface area contributed by atoms with Crippen LogP contribution in [-0.4, -0.2) is 33.3 Å². The van der Waals surface area contributed by atoms with Crippen molar-refractivity contribution in [2.24, 2.45) is 0 Å². The first-order valence-corrected chi connectivity index (χ1v) is 8.40. The Morgan fingerprint density at radius 3 is 2.36 bits per heavy atom. The van der Waals surface area contributed by atoms with Crippen LogP contribution in [0.25, 0.3) is 0 Å². The minimum Gasteiger partial charge on any atom is -0.469 e. The highest BCUT2D eigenvalue weighted by Gasteiger charge is 2.18. The van der Waals surface area contributed by atoms with E-state index in [1.54, 1.807) is 19.1 Å². The molecule has 122 valence electrons. The molecule has 0 saturated carbocycles. The Morgan fingerprint density at radius 2 is 1.82 bits per heavy atom. The lowest BCUT2D eigenvalue weighted by atomic mass is 10.1. The van der Waals surface area contributed by atoms with Crippen LogP contribution in [0.1, 0.15) is 31.7 Å². The maximum Gasteiger partial charge on any atom is 0.313 e. The Morgan fingerprint density at radius 1 is 1.23 bits per heavy atom. The Hall–Kier alpha value is -1.73. The van der Waals surface area contributed by atoms with Gasteiger partial charge in [-0.2, -0.15) is 0 Å². The molecule has 7 heteroatoms. The maximum absolute atomic E-state index is 12.2. The van der Waals surface area contributed by atoms with Crippen molar-refractivity contribution >= 4 is 21.8 Å². The molecule has 1 aromatic carbocycles. The van der Waals surface area contributed by atoms with E-state index in [0.717, 1.165) is 5.56 Å². The summed E-state index contributed by atoms with van der Waals surface area (Å²) in [5, 5.41) is 0. The molecule has 0 spiro atoms. The molecule has 0 aromatic heterocycles. The summed E-state index contributed by atoms with van der Waals surface area (Å²) in [5.74, 6) is -0.855. The van der Waals surface area contributed by atoms with Crippen LogP contribution in [0.15, 0.2) is 29.2 Å². The van der Waals surface area contributed by atoms with Gasteiger partial charge in [0.15, 0.2) is 0 Å². The van der Waals surface area contributed by atoms with Gasteiger partial charge in [-0.05, 0) is 32.4 Å². The number of methoxy groups -OCH3 is 1. The number of aryl methyl sites for hydroxylation is 1. The standard InChI is InChI=1S/C15H21NO5S/c1-11-4-8-14(9-5-11)22(19,20)16-12(2)6-7-13(17)10-15(18)21-3/h4-5,8-9,12,16H,6-7,10H2,1-3H3. The van der Waals surface area contributed by atoms with E-state index in [1.807, 2.05) is 6.92 Å². The minimum atomic E-state index is -3.60. The first kappa shape index (κ1) is 18.3. The molecule has 1 rings (SSSR count). The van der Waals surface area contributed by atoms with E-state index in [4.69, 9.17) is 0 Å². The molecule has 6 nitrogen and oxygen atoms in total. The third-order valence-electron chi connectivity index (χ3n) is 3.11. The van der Waals surface area contributed by atoms with Crippen LogP contribution < -0.4 is 4.72 Å². The molecule has 0 amide bonds. The predicted octanol–water partition coefficient (Wildman–Crippen LogP) is 1.57. The van der Waals surface area contributed by atoms with Crippen LogP contribution in [0.5, 0.6) is 0 Å². The molecule has 0 heterocycles. The summed E-state index contributed by atoms with van der Waals surface area (Å²) in [6, 6.07) is 6.10. The van der Waals surface area contributed by atoms with Crippen molar-refractivity contribution in [1.82, 2.24) is 4.72 Å². The monoisotopic (exact) mass is 327 g/mol. The largest absolute Gasteiger partial charge is 0.469 e. The van der Waals surface area contributed by atoms with Gasteiger partial charge >= 0.3 is 5.97 Å². The number of benzene rings is 1. The number of rotatable bonds is 8. The van der Waals surface area contributed by atoms with Crippen LogP contribution in [-0.2, 0) is 24.3 Å². The zero-order chi connectivity index (χ0) is 16.8. The van der Waals surface area contributed by atoms with E-state index >= 15 is 0 Å². The Labute approximate surface area is 130 Å². The van der Waals surface area contributed by atoms with Gasteiger partial charge in [-0.15, -0.1) is 0 Å². The normalized spacial score (nSPS) is 12.7. The lowest BCUT2D eigenvalue weighted by Crippen LogP contribution is -2.33. The summed E-state index contributed by atoms with van der Waals surface area (Å²) in [5.41, 5.74) is 0.973. The topological polar surface area (TPSA) is 89.5 Å². The highest BCUT2D eigenvalue weighted by atomic mass is 32.2. The van der Waals surface area contributed by atoms with Crippen molar-refractivity contribution in [2.45, 2.75) is 44.0 Å². The van der Waals surface area contributed by atoms with Gasteiger partial charge in [-0.1, -0.05) is 17.7 Å². The molecule has 1 atom stereocenters. The summed E-state index contributed by atoms with van der Waals surface area (Å²) < 4.78 is 31.2. The second-order valence-electron chi connectivity index (χ2n) is 5.17. The lowest BCUT2D eigenvalue weighted by Gasteiger charge is -2.14. The van der Waals surface area contributed by atoms with Gasteiger partial charge in [0.05, 0.1) is 12.0 Å². The molecule has 1 N–H and O–H groups in total. The van der Waals surface area contributed by atoms with Gasteiger partial charge < -0.3 is 4.74 Å². The zero-order valence-electron chi connectivity index (χ0n) is 13.0. The molecular weight excluding hydrogens is 306 g/mol. The number of Topliss-reactive ketones (excluding diaryl/α,β-unsaturated/α-hetero) is 1. The minimum absolute atomic E-state index is 0.118. The third kappa shape index (κ3) is 5.95. The van der Waals surface area contributed by atoms with Gasteiger partial charge in [-0.25, -0.2) is 13.1 Å². The average molecular weight is 327 g/mol. The van der Waals surface area contributed by atoms with Crippen LogP contribution in [0, 0.1) is 6.92 Å². The quantitative estimate of drug-likeness (QED) is 0.578. The second-order valence-corrected chi connectivity index (χ2v) is 6.88. The number of nitrogens with one attached hydrogen (secondary N) is 1. The van der Waals surface area contributed by atoms with Gasteiger partial charge in [0.2, 0.25) is 10.0 Å². The van der Waals surface area contributed by atoms with Crippen molar-refractivity contribution < 1.29 is 22.7 Å². The molecule has 1 unspecified atom stereocenters. The average Bonchev–Trinajstić information content (AvgIpc) is 2.45. The first-order chi connectivity index (χ1) is 10.2. The Balaban J connectivity index is 2.53. The number of ether oxygens (including phenoxy) is 1. The molecule has 1 aromatic rings. The molecular formula is C15H21NO5S. The van der Waals surface area contributed by atoms with Crippen molar-refractivity contribution in [2.75, 3.05) is 7.11 Å². The summed E-state index contributed by atoms with van der Waals surface area (Å²) in [7, 11) is -2.39. The van der Waals surface area contributed by atoms with E-state index in [2.05, 4.69) is 9.46 Å². The lowest BCUT2D eigenvalue weighted by molar-refractivity contribution is -0.143. The van der Waals surface area contributed by atoms with Gasteiger partial charge in [0.25, 0.3) is 0 Å². The molecule has 0 aliphatic heterocycles. The van der Waals surface area contributed by atoms with E-state index in [0.29, 0.717) is 6.42 Å². The van der Waals surface area contributed by atoms with E-state index in [-0.39, 0.29) is 23.5 Å². The molecule has 0 saturated heterocycles. The third-order valence-corrected chi connectivity index (χ3v) is 4.72. The summed E-state index contributed by atoms with van der Waals surface area (Å²) in [4.78, 5) is 22.7. The fourth-order valence-corrected chi connectivity index (χ4v) is 3.09. The number of carbonyl (C=O) groups is 2. The molecule has 0 bridgehead atoms. The smallest absolute Gasteiger partial charge is 0.313 e. The second kappa shape index (κ2) is 8.05. The summed E-state index contributed by atoms with van der Waals surface area (Å²) in [6.45, 7) is 3.55. The molecule has 22 heavy (non-hydrogen) atoms. The van der Waals surface area contributed by atoms with Crippen LogP contribution in [0.3, 0.4) is 0 Å². The van der Waals surface area contributed by atoms with Crippen molar-refractivity contribution in [3.05, 3.63) is 29.8 Å². The van der Waals surface area contributed by atoms with Crippen molar-refractivity contribution in [3.63, 3.8) is 0 Å². The number of ketones is 1. The number of hydrogen-bond donors (Lipinski definition) is 1. The van der Waals surface area contributed by atoms with Crippen molar-refractivity contribution in [1.29, 1.82) is 0 Å². The maximum atomic E-state index is 12.2. The first-order valence-electron chi connectivity index (χ1n) is 6.92. The van der Waals surface area contributed by atoms with Gasteiger partial charge in [0, 0.05) is 12.5 Å². The molecule has 0 radical (unpaired) electrons. The Bertz CT molecular complexity index is 622. The number of esters is 1. The predicted molar refractivity (Wildman–Crippen MR) is 81.8 cm³/mol. The fourth-order valence-electron chi connectivity index (χ4n) is 1.81. The molecule has 0 aliphatic rings. The number of carbonyl (C=O) groups excluding carboxylic acids is 2. The van der Waals surface area contributed by atoms with E-state index in [9.17, 15) is 18.0 Å². The highest BCUT2D eigenvalue weighted by molar-refractivity contribution is 7.89. The fraction of sp³-hybridized carbons (Fsp3) is 0.467. The highest BCUT2D eigenvalue weighted by Crippen LogP contribution is 2.12.